The molecule has 0 aromatic carbocycles. The average Bonchev–Trinajstić information content (AvgIpc) is 2.12. The Balaban J connectivity index is 2.44. The minimum Gasteiger partial charge on any atom is -0.376 e. The van der Waals surface area contributed by atoms with Crippen molar-refractivity contribution in [3.63, 3.8) is 0 Å². The van der Waals surface area contributed by atoms with E-state index in [0.717, 1.165) is 0 Å². The lowest BCUT2D eigenvalue weighted by Gasteiger charge is -2.13. The van der Waals surface area contributed by atoms with Crippen LogP contribution in [0.25, 0.3) is 0 Å². The van der Waals surface area contributed by atoms with E-state index in [4.69, 9.17) is 14.6 Å². The predicted octanol–water partition coefficient (Wildman–Crippen LogP) is -0.0139. The van der Waals surface area contributed by atoms with Crippen molar-refractivity contribution < 1.29 is 14.6 Å². The molecule has 0 aliphatic carbocycles. The molecule has 1 rings (SSSR count). The number of hydrogen-bond acceptors (Lipinski definition) is 3. The maximum absolute atomic E-state index is 9.01. The molecule has 0 aromatic heterocycles. The molecule has 1 saturated heterocycles. The highest BCUT2D eigenvalue weighted by molar-refractivity contribution is 4.74. The van der Waals surface area contributed by atoms with Crippen LogP contribution in [0.4, 0.5) is 0 Å². The van der Waals surface area contributed by atoms with E-state index in [2.05, 4.69) is 0 Å². The fourth-order valence-electron chi connectivity index (χ4n) is 1.07. The van der Waals surface area contributed by atoms with Gasteiger partial charge in [-0.2, -0.15) is 0 Å². The van der Waals surface area contributed by atoms with Crippen molar-refractivity contribution in [3.05, 3.63) is 0 Å². The highest BCUT2D eigenvalue weighted by atomic mass is 16.6. The standard InChI is InChI=1S/C6H12O3/c1-4-3-9-6(7)5(4)8-2/h4-7H,3H2,1-2H3. The van der Waals surface area contributed by atoms with Crippen LogP contribution in [-0.2, 0) is 9.47 Å². The molecule has 0 spiro atoms. The van der Waals surface area contributed by atoms with Gasteiger partial charge in [-0.05, 0) is 0 Å². The van der Waals surface area contributed by atoms with E-state index in [1.807, 2.05) is 6.92 Å². The first-order valence-corrected chi connectivity index (χ1v) is 3.08. The highest BCUT2D eigenvalue weighted by Crippen LogP contribution is 2.19. The molecule has 3 atom stereocenters. The van der Waals surface area contributed by atoms with Crippen molar-refractivity contribution in [2.75, 3.05) is 13.7 Å². The second-order valence-electron chi connectivity index (χ2n) is 2.40. The van der Waals surface area contributed by atoms with Gasteiger partial charge in [-0.1, -0.05) is 6.92 Å². The summed E-state index contributed by atoms with van der Waals surface area (Å²) in [7, 11) is 1.58. The van der Waals surface area contributed by atoms with Gasteiger partial charge < -0.3 is 14.6 Å². The van der Waals surface area contributed by atoms with E-state index < -0.39 is 6.29 Å². The molecule has 0 amide bonds. The summed E-state index contributed by atoms with van der Waals surface area (Å²) >= 11 is 0. The molecule has 1 aliphatic heterocycles. The van der Waals surface area contributed by atoms with Crippen LogP contribution in [0.1, 0.15) is 6.92 Å². The number of aliphatic hydroxyl groups is 1. The number of hydrogen-bond donors (Lipinski definition) is 1. The molecule has 1 aliphatic rings. The summed E-state index contributed by atoms with van der Waals surface area (Å²) in [5, 5.41) is 9.01. The maximum atomic E-state index is 9.01. The number of ether oxygens (including phenoxy) is 2. The van der Waals surface area contributed by atoms with Crippen LogP contribution in [0.2, 0.25) is 0 Å². The fraction of sp³-hybridized carbons (Fsp3) is 1.00. The summed E-state index contributed by atoms with van der Waals surface area (Å²) in [4.78, 5) is 0. The molecule has 0 saturated carbocycles. The Hall–Kier alpha value is -0.120. The molecule has 54 valence electrons. The maximum Gasteiger partial charge on any atom is 0.181 e. The monoisotopic (exact) mass is 132 g/mol. The summed E-state index contributed by atoms with van der Waals surface area (Å²) in [6.45, 7) is 2.59. The summed E-state index contributed by atoms with van der Waals surface area (Å²) in [6.07, 6.45) is -0.852. The third-order valence-corrected chi connectivity index (χ3v) is 1.64. The van der Waals surface area contributed by atoms with Gasteiger partial charge in [-0.3, -0.25) is 0 Å². The molecule has 1 heterocycles. The van der Waals surface area contributed by atoms with Crippen molar-refractivity contribution >= 4 is 0 Å². The molecule has 1 N–H and O–H groups in total. The topological polar surface area (TPSA) is 38.7 Å². The SMILES string of the molecule is COC1C(C)COC1O. The van der Waals surface area contributed by atoms with E-state index in [-0.39, 0.29) is 6.10 Å². The molecule has 3 heteroatoms. The lowest BCUT2D eigenvalue weighted by atomic mass is 10.1. The summed E-state index contributed by atoms with van der Waals surface area (Å²) in [5.41, 5.74) is 0. The third-order valence-electron chi connectivity index (χ3n) is 1.64. The largest absolute Gasteiger partial charge is 0.376 e. The predicted molar refractivity (Wildman–Crippen MR) is 31.9 cm³/mol. The van der Waals surface area contributed by atoms with Crippen LogP contribution < -0.4 is 0 Å². The first kappa shape index (κ1) is 6.99. The zero-order valence-corrected chi connectivity index (χ0v) is 5.70. The number of methoxy groups -OCH3 is 1. The van der Waals surface area contributed by atoms with Gasteiger partial charge >= 0.3 is 0 Å². The van der Waals surface area contributed by atoms with Crippen molar-refractivity contribution in [3.8, 4) is 0 Å². The van der Waals surface area contributed by atoms with Crippen LogP contribution in [-0.4, -0.2) is 31.2 Å². The van der Waals surface area contributed by atoms with Crippen molar-refractivity contribution in [1.29, 1.82) is 0 Å². The Kier molecular flexibility index (Phi) is 2.05. The van der Waals surface area contributed by atoms with Gasteiger partial charge in [0, 0.05) is 13.0 Å². The minimum absolute atomic E-state index is 0.134. The summed E-state index contributed by atoms with van der Waals surface area (Å²) in [5.74, 6) is 0.310. The Morgan fingerprint density at radius 3 is 2.56 bits per heavy atom. The van der Waals surface area contributed by atoms with Crippen LogP contribution in [0.15, 0.2) is 0 Å². The Morgan fingerprint density at radius 2 is 2.33 bits per heavy atom. The van der Waals surface area contributed by atoms with Crippen LogP contribution in [0, 0.1) is 5.92 Å². The molecule has 0 aromatic rings. The summed E-state index contributed by atoms with van der Waals surface area (Å²) < 4.78 is 9.86. The first-order chi connectivity index (χ1) is 4.25. The van der Waals surface area contributed by atoms with Crippen molar-refractivity contribution in [2.24, 2.45) is 5.92 Å². The number of aliphatic hydroxyl groups excluding tert-OH is 1. The van der Waals surface area contributed by atoms with Crippen LogP contribution in [0.5, 0.6) is 0 Å². The molecule has 1 fully saturated rings. The Labute approximate surface area is 54.6 Å². The van der Waals surface area contributed by atoms with E-state index in [1.165, 1.54) is 0 Å². The van der Waals surface area contributed by atoms with Crippen molar-refractivity contribution in [1.82, 2.24) is 0 Å². The molecular formula is C6H12O3. The quantitative estimate of drug-likeness (QED) is 0.545. The average molecular weight is 132 g/mol. The number of rotatable bonds is 1. The fourth-order valence-corrected chi connectivity index (χ4v) is 1.07. The lowest BCUT2D eigenvalue weighted by Crippen LogP contribution is -2.26. The summed E-state index contributed by atoms with van der Waals surface area (Å²) in [6, 6.07) is 0. The molecule has 0 radical (unpaired) electrons. The van der Waals surface area contributed by atoms with Gasteiger partial charge in [-0.15, -0.1) is 0 Å². The smallest absolute Gasteiger partial charge is 0.181 e. The zero-order valence-electron chi connectivity index (χ0n) is 5.70. The minimum atomic E-state index is -0.718. The zero-order chi connectivity index (χ0) is 6.85. The second kappa shape index (κ2) is 2.64. The Morgan fingerprint density at radius 1 is 1.67 bits per heavy atom. The molecule has 0 bridgehead atoms. The second-order valence-corrected chi connectivity index (χ2v) is 2.40. The van der Waals surface area contributed by atoms with Crippen LogP contribution in [0.3, 0.4) is 0 Å². The van der Waals surface area contributed by atoms with Gasteiger partial charge in [0.1, 0.15) is 6.10 Å². The van der Waals surface area contributed by atoms with Gasteiger partial charge in [0.05, 0.1) is 6.61 Å². The van der Waals surface area contributed by atoms with Gasteiger partial charge in [0.15, 0.2) is 6.29 Å². The van der Waals surface area contributed by atoms with Gasteiger partial charge in [0.2, 0.25) is 0 Å². The first-order valence-electron chi connectivity index (χ1n) is 3.08. The van der Waals surface area contributed by atoms with Crippen molar-refractivity contribution in [2.45, 2.75) is 19.3 Å². The van der Waals surface area contributed by atoms with Crippen LogP contribution >= 0.6 is 0 Å². The highest BCUT2D eigenvalue weighted by Gasteiger charge is 2.32. The van der Waals surface area contributed by atoms with E-state index in [1.54, 1.807) is 7.11 Å². The molecular weight excluding hydrogens is 120 g/mol. The van der Waals surface area contributed by atoms with Gasteiger partial charge in [-0.25, -0.2) is 0 Å². The van der Waals surface area contributed by atoms with E-state index in [9.17, 15) is 0 Å². The third kappa shape index (κ3) is 1.23. The molecule has 3 nitrogen and oxygen atoms in total. The van der Waals surface area contributed by atoms with E-state index >= 15 is 0 Å². The van der Waals surface area contributed by atoms with Gasteiger partial charge in [0.25, 0.3) is 0 Å². The normalized spacial score (nSPS) is 43.7. The van der Waals surface area contributed by atoms with E-state index in [0.29, 0.717) is 12.5 Å². The molecule has 3 unspecified atom stereocenters. The Bertz CT molecular complexity index is 84.3. The molecule has 9 heavy (non-hydrogen) atoms. The lowest BCUT2D eigenvalue weighted by molar-refractivity contribution is -0.119.